The van der Waals surface area contributed by atoms with Gasteiger partial charge in [0.1, 0.15) is 7.05 Å². The first-order valence-electron chi connectivity index (χ1n) is 11.2. The molecular formula is C29H29N2+. The summed E-state index contributed by atoms with van der Waals surface area (Å²) in [5.41, 5.74) is 9.70. The molecule has 0 bridgehead atoms. The number of pyridine rings is 2. The third-order valence-electron chi connectivity index (χ3n) is 6.82. The highest BCUT2D eigenvalue weighted by molar-refractivity contribution is 6.26. The molecule has 0 N–H and O–H groups in total. The maximum absolute atomic E-state index is 2.54. The Morgan fingerprint density at radius 1 is 0.839 bits per heavy atom. The van der Waals surface area contributed by atoms with Crippen molar-refractivity contribution in [3.05, 3.63) is 71.4 Å². The molecule has 0 saturated heterocycles. The van der Waals surface area contributed by atoms with Crippen LogP contribution in [0, 0.1) is 19.3 Å². The highest BCUT2D eigenvalue weighted by Gasteiger charge is 2.25. The highest BCUT2D eigenvalue weighted by atomic mass is 15.0. The first-order valence-corrected chi connectivity index (χ1v) is 11.2. The van der Waals surface area contributed by atoms with Crippen molar-refractivity contribution in [2.24, 2.45) is 12.5 Å². The zero-order chi connectivity index (χ0) is 21.7. The normalized spacial score (nSPS) is 13.0. The topological polar surface area (TPSA) is 8.29 Å². The summed E-state index contributed by atoms with van der Waals surface area (Å²) in [6, 6.07) is 18.4. The summed E-state index contributed by atoms with van der Waals surface area (Å²) in [6.45, 7) is 11.5. The second kappa shape index (κ2) is 5.97. The Morgan fingerprint density at radius 2 is 1.58 bits per heavy atom. The van der Waals surface area contributed by atoms with Gasteiger partial charge in [-0.25, -0.2) is 4.57 Å². The van der Waals surface area contributed by atoms with E-state index in [1.165, 1.54) is 65.7 Å². The van der Waals surface area contributed by atoms with Crippen molar-refractivity contribution in [3.8, 4) is 0 Å². The van der Waals surface area contributed by atoms with E-state index in [2.05, 4.69) is 105 Å². The quantitative estimate of drug-likeness (QED) is 0.158. The lowest BCUT2D eigenvalue weighted by Gasteiger charge is -2.20. The van der Waals surface area contributed by atoms with Crippen molar-refractivity contribution >= 4 is 49.0 Å². The van der Waals surface area contributed by atoms with Crippen molar-refractivity contribution in [3.63, 3.8) is 0 Å². The van der Waals surface area contributed by atoms with Gasteiger partial charge in [-0.2, -0.15) is 0 Å². The van der Waals surface area contributed by atoms with E-state index in [9.17, 15) is 0 Å². The SMILES string of the molecule is Cc1cc(C)c2c3c1c1ccccc1n3c1cc(CC(C)(C)C)cc3cc[n+](C)c2c31. The molecule has 154 valence electrons. The van der Waals surface area contributed by atoms with Crippen LogP contribution >= 0.6 is 0 Å². The third-order valence-corrected chi connectivity index (χ3v) is 6.82. The largest absolute Gasteiger partial charge is 0.307 e. The summed E-state index contributed by atoms with van der Waals surface area (Å²) in [7, 11) is 2.19. The highest BCUT2D eigenvalue weighted by Crippen LogP contribution is 2.42. The maximum Gasteiger partial charge on any atom is 0.224 e. The average molecular weight is 406 g/mol. The van der Waals surface area contributed by atoms with Crippen LogP contribution in [-0.2, 0) is 13.5 Å². The minimum atomic E-state index is 0.247. The molecule has 0 amide bonds. The molecular weight excluding hydrogens is 376 g/mol. The fraction of sp³-hybridized carbons (Fsp3) is 0.276. The molecule has 6 aromatic rings. The number of hydrogen-bond acceptors (Lipinski definition) is 0. The van der Waals surface area contributed by atoms with Gasteiger partial charge in [0.15, 0.2) is 6.20 Å². The number of fused-ring (bicyclic) bond motifs is 5. The second-order valence-corrected chi connectivity index (χ2v) is 10.6. The fourth-order valence-electron chi connectivity index (χ4n) is 5.81. The lowest BCUT2D eigenvalue weighted by Crippen LogP contribution is -2.29. The number of rotatable bonds is 1. The Labute approximate surface area is 183 Å². The lowest BCUT2D eigenvalue weighted by atomic mass is 9.87. The van der Waals surface area contributed by atoms with Gasteiger partial charge in [-0.05, 0) is 59.9 Å². The molecule has 0 radical (unpaired) electrons. The molecule has 3 heterocycles. The monoisotopic (exact) mass is 405 g/mol. The molecule has 2 heteroatoms. The Hall–Kier alpha value is -3.13. The fourth-order valence-corrected chi connectivity index (χ4v) is 5.81. The molecule has 2 nitrogen and oxygen atoms in total. The summed E-state index contributed by atoms with van der Waals surface area (Å²) < 4.78 is 4.86. The summed E-state index contributed by atoms with van der Waals surface area (Å²) in [6.07, 6.45) is 3.29. The van der Waals surface area contributed by atoms with Crippen molar-refractivity contribution < 1.29 is 4.57 Å². The zero-order valence-corrected chi connectivity index (χ0v) is 19.3. The zero-order valence-electron chi connectivity index (χ0n) is 19.3. The van der Waals surface area contributed by atoms with Crippen LogP contribution in [0.3, 0.4) is 0 Å². The summed E-state index contributed by atoms with van der Waals surface area (Å²) >= 11 is 0. The average Bonchev–Trinajstić information content (AvgIpc) is 3.04. The van der Waals surface area contributed by atoms with Crippen LogP contribution in [0.1, 0.15) is 37.5 Å². The van der Waals surface area contributed by atoms with E-state index in [0.29, 0.717) is 0 Å². The van der Waals surface area contributed by atoms with Gasteiger partial charge >= 0.3 is 0 Å². The smallest absolute Gasteiger partial charge is 0.224 e. The molecule has 0 saturated carbocycles. The molecule has 0 aliphatic heterocycles. The van der Waals surface area contributed by atoms with Crippen LogP contribution in [0.15, 0.2) is 54.7 Å². The Bertz CT molecular complexity index is 1660. The van der Waals surface area contributed by atoms with E-state index in [4.69, 9.17) is 0 Å². The predicted octanol–water partition coefficient (Wildman–Crippen LogP) is 7.02. The number of para-hydroxylation sites is 1. The Morgan fingerprint density at radius 3 is 2.35 bits per heavy atom. The molecule has 3 aromatic carbocycles. The molecule has 0 fully saturated rings. The van der Waals surface area contributed by atoms with Gasteiger partial charge in [0.2, 0.25) is 5.52 Å². The number of aromatic nitrogens is 2. The van der Waals surface area contributed by atoms with Gasteiger partial charge in [-0.15, -0.1) is 0 Å². The number of benzene rings is 3. The van der Waals surface area contributed by atoms with Gasteiger partial charge in [0, 0.05) is 16.8 Å². The van der Waals surface area contributed by atoms with E-state index < -0.39 is 0 Å². The number of hydrogen-bond donors (Lipinski definition) is 0. The maximum atomic E-state index is 2.54. The molecule has 3 aromatic heterocycles. The first kappa shape index (κ1) is 18.6. The van der Waals surface area contributed by atoms with Crippen molar-refractivity contribution in [2.45, 2.75) is 41.0 Å². The second-order valence-electron chi connectivity index (χ2n) is 10.6. The molecule has 31 heavy (non-hydrogen) atoms. The predicted molar refractivity (Wildman–Crippen MR) is 132 cm³/mol. The van der Waals surface area contributed by atoms with Gasteiger partial charge in [-0.1, -0.05) is 51.1 Å². The van der Waals surface area contributed by atoms with Crippen LogP contribution in [-0.4, -0.2) is 4.40 Å². The molecule has 0 spiro atoms. The standard InChI is InChI=1S/C29H29N2/c1-17-13-18(2)25-27-26-20(11-12-30(27)6)14-19(16-29(3,4)5)15-23(26)31-22-10-8-7-9-21(22)24(17)28(25)31/h7-15H,16H2,1-6H3/q+1. The van der Waals surface area contributed by atoms with Crippen molar-refractivity contribution in [2.75, 3.05) is 0 Å². The van der Waals surface area contributed by atoms with Crippen LogP contribution in [0.2, 0.25) is 0 Å². The molecule has 0 aliphatic carbocycles. The number of aryl methyl sites for hydroxylation is 3. The van der Waals surface area contributed by atoms with Crippen LogP contribution in [0.5, 0.6) is 0 Å². The van der Waals surface area contributed by atoms with Crippen LogP contribution in [0.4, 0.5) is 0 Å². The van der Waals surface area contributed by atoms with Crippen LogP contribution in [0.25, 0.3) is 49.0 Å². The van der Waals surface area contributed by atoms with Gasteiger partial charge in [-0.3, -0.25) is 0 Å². The minimum absolute atomic E-state index is 0.247. The Kier molecular flexibility index (Phi) is 3.59. The van der Waals surface area contributed by atoms with E-state index in [1.807, 2.05) is 0 Å². The van der Waals surface area contributed by atoms with Gasteiger partial charge < -0.3 is 4.40 Å². The molecule has 6 rings (SSSR count). The van der Waals surface area contributed by atoms with E-state index in [-0.39, 0.29) is 5.41 Å². The summed E-state index contributed by atoms with van der Waals surface area (Å²) in [5, 5.41) is 6.81. The van der Waals surface area contributed by atoms with E-state index in [0.717, 1.165) is 6.42 Å². The molecule has 0 unspecified atom stereocenters. The summed E-state index contributed by atoms with van der Waals surface area (Å²) in [4.78, 5) is 0. The van der Waals surface area contributed by atoms with E-state index in [1.54, 1.807) is 0 Å². The summed E-state index contributed by atoms with van der Waals surface area (Å²) in [5.74, 6) is 0. The van der Waals surface area contributed by atoms with Crippen molar-refractivity contribution in [1.82, 2.24) is 4.40 Å². The first-order chi connectivity index (χ1) is 14.7. The van der Waals surface area contributed by atoms with E-state index >= 15 is 0 Å². The lowest BCUT2D eigenvalue weighted by molar-refractivity contribution is -0.643. The molecule has 0 atom stereocenters. The Balaban J connectivity index is 1.99. The van der Waals surface area contributed by atoms with Crippen LogP contribution < -0.4 is 4.57 Å². The molecule has 0 aliphatic rings. The third kappa shape index (κ3) is 2.48. The van der Waals surface area contributed by atoms with Crippen molar-refractivity contribution in [1.29, 1.82) is 0 Å². The minimum Gasteiger partial charge on any atom is -0.307 e. The number of nitrogens with zero attached hydrogens (tertiary/aromatic N) is 2. The van der Waals surface area contributed by atoms with Gasteiger partial charge in [0.25, 0.3) is 0 Å². The van der Waals surface area contributed by atoms with Gasteiger partial charge in [0.05, 0.1) is 27.3 Å².